The smallest absolute Gasteiger partial charge is 0.257 e. The number of carbonyl (C=O) groups is 1. The third-order valence-corrected chi connectivity index (χ3v) is 5.03. The number of nitrogens with one attached hydrogen (secondary N) is 2. The maximum atomic E-state index is 12.3. The second-order valence-corrected chi connectivity index (χ2v) is 7.02. The van der Waals surface area contributed by atoms with Crippen LogP contribution in [0.4, 0.5) is 10.3 Å². The molecule has 4 rings (SSSR count). The van der Waals surface area contributed by atoms with Gasteiger partial charge in [0.1, 0.15) is 0 Å². The second kappa shape index (κ2) is 7.86. The summed E-state index contributed by atoms with van der Waals surface area (Å²) in [6.45, 7) is 0.611. The maximum Gasteiger partial charge on any atom is 0.257 e. The summed E-state index contributed by atoms with van der Waals surface area (Å²) in [5, 5.41) is 26.3. The molecule has 0 spiro atoms. The van der Waals surface area contributed by atoms with E-state index < -0.39 is 0 Å². The van der Waals surface area contributed by atoms with Crippen molar-refractivity contribution in [1.82, 2.24) is 10.2 Å². The number of amides is 1. The Morgan fingerprint density at radius 1 is 0.964 bits per heavy atom. The molecule has 3 aromatic carbocycles. The molecule has 0 radical (unpaired) electrons. The van der Waals surface area contributed by atoms with E-state index in [1.165, 1.54) is 22.1 Å². The zero-order valence-corrected chi connectivity index (χ0v) is 15.5. The van der Waals surface area contributed by atoms with Gasteiger partial charge in [-0.15, -0.1) is 10.2 Å². The molecule has 0 saturated carbocycles. The number of hydrogen-bond donors (Lipinski definition) is 2. The molecule has 1 amide bonds. The van der Waals surface area contributed by atoms with Gasteiger partial charge in [-0.3, -0.25) is 10.1 Å². The highest BCUT2D eigenvalue weighted by Gasteiger charge is 2.10. The minimum absolute atomic E-state index is 0.291. The molecule has 6 nitrogen and oxygen atoms in total. The van der Waals surface area contributed by atoms with Gasteiger partial charge in [-0.2, -0.15) is 5.26 Å². The Balaban J connectivity index is 1.41. The largest absolute Gasteiger partial charge is 0.356 e. The van der Waals surface area contributed by atoms with E-state index >= 15 is 0 Å². The van der Waals surface area contributed by atoms with Crippen molar-refractivity contribution < 1.29 is 4.79 Å². The fourth-order valence-corrected chi connectivity index (χ4v) is 3.46. The molecule has 0 aliphatic heterocycles. The first-order valence-corrected chi connectivity index (χ1v) is 9.40. The molecule has 136 valence electrons. The van der Waals surface area contributed by atoms with Crippen LogP contribution in [0, 0.1) is 11.3 Å². The SMILES string of the molecule is N#Cc1ccc(C(=O)Nc2nnc(NCc3cccc4ccccc34)s2)cc1. The lowest BCUT2D eigenvalue weighted by Gasteiger charge is -2.06. The van der Waals surface area contributed by atoms with Crippen LogP contribution in [0.2, 0.25) is 0 Å². The van der Waals surface area contributed by atoms with Gasteiger partial charge < -0.3 is 5.32 Å². The Kier molecular flexibility index (Phi) is 4.95. The Bertz CT molecular complexity index is 1170. The topological polar surface area (TPSA) is 90.7 Å². The molecule has 0 unspecified atom stereocenters. The summed E-state index contributed by atoms with van der Waals surface area (Å²) in [5.74, 6) is -0.291. The van der Waals surface area contributed by atoms with Crippen LogP contribution >= 0.6 is 11.3 Å². The van der Waals surface area contributed by atoms with Gasteiger partial charge in [0.15, 0.2) is 0 Å². The lowest BCUT2D eigenvalue weighted by Crippen LogP contribution is -2.11. The fraction of sp³-hybridized carbons (Fsp3) is 0.0476. The van der Waals surface area contributed by atoms with Crippen LogP contribution in [0.1, 0.15) is 21.5 Å². The third kappa shape index (κ3) is 3.82. The van der Waals surface area contributed by atoms with Crippen LogP contribution in [0.15, 0.2) is 66.7 Å². The number of hydrogen-bond acceptors (Lipinski definition) is 6. The van der Waals surface area contributed by atoms with E-state index in [0.717, 1.165) is 5.56 Å². The molecule has 28 heavy (non-hydrogen) atoms. The van der Waals surface area contributed by atoms with Crippen molar-refractivity contribution in [3.8, 4) is 6.07 Å². The van der Waals surface area contributed by atoms with Gasteiger partial charge in [-0.25, -0.2) is 0 Å². The molecule has 0 saturated heterocycles. The summed E-state index contributed by atoms with van der Waals surface area (Å²) in [4.78, 5) is 12.3. The van der Waals surface area contributed by atoms with Gasteiger partial charge in [0.25, 0.3) is 5.91 Å². The van der Waals surface area contributed by atoms with Gasteiger partial charge in [-0.05, 0) is 40.6 Å². The minimum atomic E-state index is -0.291. The summed E-state index contributed by atoms with van der Waals surface area (Å²) >= 11 is 1.27. The molecular formula is C21H15N5OS. The van der Waals surface area contributed by atoms with Crippen molar-refractivity contribution in [3.05, 3.63) is 83.4 Å². The number of fused-ring (bicyclic) bond motifs is 1. The molecule has 0 bridgehead atoms. The summed E-state index contributed by atoms with van der Waals surface area (Å²) < 4.78 is 0. The van der Waals surface area contributed by atoms with Crippen LogP contribution < -0.4 is 10.6 Å². The first-order chi connectivity index (χ1) is 13.7. The third-order valence-electron chi connectivity index (χ3n) is 4.23. The molecule has 0 aliphatic rings. The summed E-state index contributed by atoms with van der Waals surface area (Å²) in [5.41, 5.74) is 2.13. The number of carbonyl (C=O) groups excluding carboxylic acids is 1. The molecule has 0 aliphatic carbocycles. The van der Waals surface area contributed by atoms with Gasteiger partial charge in [-0.1, -0.05) is 53.8 Å². The zero-order chi connectivity index (χ0) is 19.3. The van der Waals surface area contributed by atoms with E-state index in [1.807, 2.05) is 24.3 Å². The molecule has 4 aromatic rings. The predicted molar refractivity (Wildman–Crippen MR) is 110 cm³/mol. The number of aromatic nitrogens is 2. The zero-order valence-electron chi connectivity index (χ0n) is 14.7. The standard InChI is InChI=1S/C21H15N5OS/c22-12-14-8-10-16(11-9-14)19(27)24-21-26-25-20(28-21)23-13-17-6-3-5-15-4-1-2-7-18(15)17/h1-11H,13H2,(H,23,25)(H,24,26,27). The lowest BCUT2D eigenvalue weighted by molar-refractivity contribution is 0.102. The highest BCUT2D eigenvalue weighted by molar-refractivity contribution is 7.19. The molecule has 1 heterocycles. The minimum Gasteiger partial charge on any atom is -0.356 e. The Hall–Kier alpha value is -3.76. The van der Waals surface area contributed by atoms with Gasteiger partial charge >= 0.3 is 0 Å². The number of nitriles is 1. The van der Waals surface area contributed by atoms with Crippen molar-refractivity contribution in [1.29, 1.82) is 5.26 Å². The normalized spacial score (nSPS) is 10.4. The maximum absolute atomic E-state index is 12.3. The van der Waals surface area contributed by atoms with Crippen LogP contribution in [0.25, 0.3) is 10.8 Å². The van der Waals surface area contributed by atoms with Crippen molar-refractivity contribution in [3.63, 3.8) is 0 Å². The molecule has 1 aromatic heterocycles. The highest BCUT2D eigenvalue weighted by atomic mass is 32.1. The molecule has 0 atom stereocenters. The van der Waals surface area contributed by atoms with Crippen molar-refractivity contribution in [2.24, 2.45) is 0 Å². The fourth-order valence-electron chi connectivity index (χ4n) is 2.83. The van der Waals surface area contributed by atoms with E-state index in [0.29, 0.717) is 27.9 Å². The van der Waals surface area contributed by atoms with Crippen LogP contribution in [-0.2, 0) is 6.54 Å². The van der Waals surface area contributed by atoms with Gasteiger partial charge in [0, 0.05) is 12.1 Å². The first kappa shape index (κ1) is 17.6. The molecule has 2 N–H and O–H groups in total. The van der Waals surface area contributed by atoms with Crippen molar-refractivity contribution in [2.45, 2.75) is 6.54 Å². The summed E-state index contributed by atoms with van der Waals surface area (Å²) in [6.07, 6.45) is 0. The predicted octanol–water partition coefficient (Wildman–Crippen LogP) is 4.43. The van der Waals surface area contributed by atoms with Crippen LogP contribution in [0.3, 0.4) is 0 Å². The Morgan fingerprint density at radius 2 is 1.71 bits per heavy atom. The first-order valence-electron chi connectivity index (χ1n) is 8.58. The van der Waals surface area contributed by atoms with Crippen LogP contribution in [-0.4, -0.2) is 16.1 Å². The van der Waals surface area contributed by atoms with E-state index in [9.17, 15) is 4.79 Å². The van der Waals surface area contributed by atoms with Gasteiger partial charge in [0.2, 0.25) is 10.3 Å². The van der Waals surface area contributed by atoms with E-state index in [1.54, 1.807) is 24.3 Å². The summed E-state index contributed by atoms with van der Waals surface area (Å²) in [6, 6.07) is 22.8. The van der Waals surface area contributed by atoms with Gasteiger partial charge in [0.05, 0.1) is 11.6 Å². The van der Waals surface area contributed by atoms with Crippen molar-refractivity contribution in [2.75, 3.05) is 10.6 Å². The number of rotatable bonds is 5. The van der Waals surface area contributed by atoms with Crippen LogP contribution in [0.5, 0.6) is 0 Å². The molecular weight excluding hydrogens is 370 g/mol. The average molecular weight is 385 g/mol. The van der Waals surface area contributed by atoms with E-state index in [4.69, 9.17) is 5.26 Å². The lowest BCUT2D eigenvalue weighted by atomic mass is 10.0. The number of nitrogens with zero attached hydrogens (tertiary/aromatic N) is 3. The average Bonchev–Trinajstić information content (AvgIpc) is 3.19. The van der Waals surface area contributed by atoms with E-state index in [-0.39, 0.29) is 5.91 Å². The molecule has 0 fully saturated rings. The van der Waals surface area contributed by atoms with E-state index in [2.05, 4.69) is 45.1 Å². The monoisotopic (exact) mass is 385 g/mol. The number of benzene rings is 3. The number of anilines is 2. The summed E-state index contributed by atoms with van der Waals surface area (Å²) in [7, 11) is 0. The quantitative estimate of drug-likeness (QED) is 0.530. The molecule has 7 heteroatoms. The Morgan fingerprint density at radius 3 is 2.54 bits per heavy atom. The van der Waals surface area contributed by atoms with Crippen molar-refractivity contribution >= 4 is 38.3 Å². The second-order valence-electron chi connectivity index (χ2n) is 6.05. The Labute approximate surface area is 165 Å². The highest BCUT2D eigenvalue weighted by Crippen LogP contribution is 2.23.